The third-order valence-corrected chi connectivity index (χ3v) is 3.47. The summed E-state index contributed by atoms with van der Waals surface area (Å²) in [6.45, 7) is 4.34. The van der Waals surface area contributed by atoms with Gasteiger partial charge in [-0.1, -0.05) is 78.1 Å². The number of carboxylic acid groups (broad SMARTS) is 2. The van der Waals surface area contributed by atoms with E-state index in [4.69, 9.17) is 0 Å². The van der Waals surface area contributed by atoms with Crippen LogP contribution in [0, 0.1) is 0 Å². The summed E-state index contributed by atoms with van der Waals surface area (Å²) >= 11 is 0. The van der Waals surface area contributed by atoms with E-state index in [1.807, 2.05) is 0 Å². The van der Waals surface area contributed by atoms with E-state index in [9.17, 15) is 19.8 Å². The molecule has 0 aliphatic rings. The van der Waals surface area contributed by atoms with E-state index in [0.29, 0.717) is 0 Å². The second kappa shape index (κ2) is 24.8. The monoisotopic (exact) mass is 452 g/mol. The van der Waals surface area contributed by atoms with E-state index < -0.39 is 11.9 Å². The topological polar surface area (TPSA) is 80.3 Å². The van der Waals surface area contributed by atoms with Gasteiger partial charge in [0.05, 0.1) is 0 Å². The molecular weight excluding hydrogens is 418 g/mol. The molecular formula is C18H34BaO4. The summed E-state index contributed by atoms with van der Waals surface area (Å²) in [5.41, 5.74) is 0. The van der Waals surface area contributed by atoms with E-state index in [1.54, 1.807) is 0 Å². The maximum Gasteiger partial charge on any atom is 2.00 e. The van der Waals surface area contributed by atoms with Gasteiger partial charge >= 0.3 is 48.9 Å². The van der Waals surface area contributed by atoms with Gasteiger partial charge in [-0.3, -0.25) is 0 Å². The fraction of sp³-hybridized carbons (Fsp3) is 0.889. The molecule has 0 heterocycles. The Morgan fingerprint density at radius 3 is 1.09 bits per heavy atom. The van der Waals surface area contributed by atoms with Gasteiger partial charge in [-0.15, -0.1) is 0 Å². The number of hydrogen-bond donors (Lipinski definition) is 0. The first-order valence-electron chi connectivity index (χ1n) is 8.94. The van der Waals surface area contributed by atoms with Crippen molar-refractivity contribution in [2.45, 2.75) is 104 Å². The molecule has 0 radical (unpaired) electrons. The van der Waals surface area contributed by atoms with Crippen LogP contribution in [-0.2, 0) is 9.59 Å². The molecule has 0 saturated carbocycles. The molecule has 132 valence electrons. The van der Waals surface area contributed by atoms with Gasteiger partial charge < -0.3 is 19.8 Å². The van der Waals surface area contributed by atoms with Crippen LogP contribution < -0.4 is 10.2 Å². The first-order chi connectivity index (χ1) is 10.5. The predicted octanol–water partition coefficient (Wildman–Crippen LogP) is 2.59. The van der Waals surface area contributed by atoms with Crippen molar-refractivity contribution < 1.29 is 19.8 Å². The minimum absolute atomic E-state index is 0. The molecule has 0 fully saturated rings. The van der Waals surface area contributed by atoms with Crippen LogP contribution in [0.2, 0.25) is 0 Å². The summed E-state index contributed by atoms with van der Waals surface area (Å²) in [5, 5.41) is 20.0. The van der Waals surface area contributed by atoms with Crippen molar-refractivity contribution in [2.24, 2.45) is 0 Å². The van der Waals surface area contributed by atoms with Crippen LogP contribution in [0.15, 0.2) is 0 Å². The Kier molecular flexibility index (Phi) is 30.5. The number of carboxylic acids is 2. The van der Waals surface area contributed by atoms with Crippen molar-refractivity contribution >= 4 is 60.8 Å². The number of carbonyl (C=O) groups is 2. The molecule has 0 spiro atoms. The van der Waals surface area contributed by atoms with Crippen LogP contribution >= 0.6 is 0 Å². The minimum Gasteiger partial charge on any atom is -0.550 e. The van der Waals surface area contributed by atoms with E-state index in [1.165, 1.54) is 51.4 Å². The molecule has 0 aromatic rings. The number of rotatable bonds is 14. The smallest absolute Gasteiger partial charge is 0.550 e. The Morgan fingerprint density at radius 2 is 0.826 bits per heavy atom. The van der Waals surface area contributed by atoms with Gasteiger partial charge in [0.15, 0.2) is 0 Å². The maximum absolute atomic E-state index is 9.98. The van der Waals surface area contributed by atoms with Crippen molar-refractivity contribution in [2.75, 3.05) is 0 Å². The molecule has 0 rings (SSSR count). The number of aliphatic carboxylic acids is 2. The first-order valence-corrected chi connectivity index (χ1v) is 8.94. The van der Waals surface area contributed by atoms with E-state index >= 15 is 0 Å². The summed E-state index contributed by atoms with van der Waals surface area (Å²) in [5.74, 6) is -1.83. The number of hydrogen-bond acceptors (Lipinski definition) is 4. The molecule has 0 amide bonds. The molecule has 0 aromatic heterocycles. The zero-order valence-corrected chi connectivity index (χ0v) is 19.7. The molecule has 5 heteroatoms. The Morgan fingerprint density at radius 1 is 0.565 bits per heavy atom. The molecule has 0 aromatic carbocycles. The average Bonchev–Trinajstić information content (AvgIpc) is 2.46. The molecule has 4 nitrogen and oxygen atoms in total. The van der Waals surface area contributed by atoms with Gasteiger partial charge in [-0.05, 0) is 25.7 Å². The second-order valence-corrected chi connectivity index (χ2v) is 5.78. The van der Waals surface area contributed by atoms with Crippen LogP contribution in [-0.4, -0.2) is 60.8 Å². The maximum atomic E-state index is 9.98. The van der Waals surface area contributed by atoms with Gasteiger partial charge in [0.2, 0.25) is 0 Å². The standard InChI is InChI=1S/2C9H18O2.Ba/c2*1-2-3-4-5-6-7-8-9(10)11;/h2*2-8H2,1H3,(H,10,11);/q;;+2/p-2. The summed E-state index contributed by atoms with van der Waals surface area (Å²) in [4.78, 5) is 20.0. The number of unbranched alkanes of at least 4 members (excludes halogenated alkanes) is 10. The second-order valence-electron chi connectivity index (χ2n) is 5.78. The molecule has 0 unspecified atom stereocenters. The first kappa shape index (κ1) is 28.3. The van der Waals surface area contributed by atoms with Crippen molar-refractivity contribution in [1.82, 2.24) is 0 Å². The van der Waals surface area contributed by atoms with Crippen LogP contribution in [0.4, 0.5) is 0 Å². The molecule has 0 bridgehead atoms. The minimum atomic E-state index is -0.916. The van der Waals surface area contributed by atoms with E-state index in [2.05, 4.69) is 13.8 Å². The van der Waals surface area contributed by atoms with Crippen LogP contribution in [0.25, 0.3) is 0 Å². The Balaban J connectivity index is -0.000000333. The van der Waals surface area contributed by atoms with Crippen LogP contribution in [0.3, 0.4) is 0 Å². The Hall–Kier alpha value is 0.511. The molecule has 0 aliphatic heterocycles. The summed E-state index contributed by atoms with van der Waals surface area (Å²) in [6, 6.07) is 0. The molecule has 0 aliphatic carbocycles. The molecule has 0 atom stereocenters. The van der Waals surface area contributed by atoms with E-state index in [0.717, 1.165) is 25.7 Å². The van der Waals surface area contributed by atoms with Gasteiger partial charge in [0.25, 0.3) is 0 Å². The molecule has 0 saturated heterocycles. The predicted molar refractivity (Wildman–Crippen MR) is 91.8 cm³/mol. The molecule has 23 heavy (non-hydrogen) atoms. The van der Waals surface area contributed by atoms with Crippen molar-refractivity contribution in [3.05, 3.63) is 0 Å². The normalized spacial score (nSPS) is 9.48. The van der Waals surface area contributed by atoms with Crippen LogP contribution in [0.5, 0.6) is 0 Å². The number of carbonyl (C=O) groups excluding carboxylic acids is 2. The molecule has 0 N–H and O–H groups in total. The third-order valence-electron chi connectivity index (χ3n) is 3.47. The average molecular weight is 452 g/mol. The van der Waals surface area contributed by atoms with Crippen molar-refractivity contribution in [1.29, 1.82) is 0 Å². The largest absolute Gasteiger partial charge is 2.00 e. The van der Waals surface area contributed by atoms with E-state index in [-0.39, 0.29) is 61.7 Å². The van der Waals surface area contributed by atoms with Crippen molar-refractivity contribution in [3.8, 4) is 0 Å². The van der Waals surface area contributed by atoms with Crippen molar-refractivity contribution in [3.63, 3.8) is 0 Å². The fourth-order valence-corrected chi connectivity index (χ4v) is 2.10. The Labute approximate surface area is 182 Å². The fourth-order valence-electron chi connectivity index (χ4n) is 2.10. The van der Waals surface area contributed by atoms with Crippen LogP contribution in [0.1, 0.15) is 104 Å². The van der Waals surface area contributed by atoms with Gasteiger partial charge in [0.1, 0.15) is 0 Å². The summed E-state index contributed by atoms with van der Waals surface area (Å²) in [7, 11) is 0. The SMILES string of the molecule is CCCCCCCCC(=O)[O-].CCCCCCCCC(=O)[O-].[Ba+2]. The zero-order valence-electron chi connectivity index (χ0n) is 15.2. The summed E-state index contributed by atoms with van der Waals surface area (Å²) < 4.78 is 0. The quantitative estimate of drug-likeness (QED) is 0.300. The summed E-state index contributed by atoms with van der Waals surface area (Å²) in [6.07, 6.45) is 13.9. The zero-order chi connectivity index (χ0) is 17.1. The Bertz CT molecular complexity index is 231. The van der Waals surface area contributed by atoms with Gasteiger partial charge in [0, 0.05) is 11.9 Å². The third kappa shape index (κ3) is 34.7. The van der Waals surface area contributed by atoms with Gasteiger partial charge in [-0.25, -0.2) is 0 Å². The van der Waals surface area contributed by atoms with Gasteiger partial charge in [-0.2, -0.15) is 0 Å².